The van der Waals surface area contributed by atoms with Crippen molar-refractivity contribution < 1.29 is 9.84 Å². The molecular formula is C20H33N3O2. The fraction of sp³-hybridized carbons (Fsp3) is 0.650. The normalized spacial score (nSPS) is 19.5. The van der Waals surface area contributed by atoms with Gasteiger partial charge in [-0.25, -0.2) is 0 Å². The summed E-state index contributed by atoms with van der Waals surface area (Å²) in [7, 11) is 0. The Hall–Kier alpha value is -1.59. The van der Waals surface area contributed by atoms with Gasteiger partial charge in [-0.3, -0.25) is 4.99 Å². The largest absolute Gasteiger partial charge is 0.389 e. The number of aliphatic hydroxyl groups excluding tert-OH is 1. The molecule has 2 N–H and O–H groups in total. The Morgan fingerprint density at radius 3 is 2.76 bits per heavy atom. The molecule has 0 radical (unpaired) electrons. The summed E-state index contributed by atoms with van der Waals surface area (Å²) >= 11 is 0. The summed E-state index contributed by atoms with van der Waals surface area (Å²) in [6.07, 6.45) is 0.578. The second-order valence-corrected chi connectivity index (χ2v) is 7.12. The lowest BCUT2D eigenvalue weighted by Crippen LogP contribution is -2.40. The molecule has 2 atom stereocenters. The van der Waals surface area contributed by atoms with Crippen molar-refractivity contribution in [3.63, 3.8) is 0 Å². The van der Waals surface area contributed by atoms with E-state index in [0.717, 1.165) is 32.0 Å². The Labute approximate surface area is 152 Å². The van der Waals surface area contributed by atoms with E-state index in [4.69, 9.17) is 4.74 Å². The second kappa shape index (κ2) is 10.4. The highest BCUT2D eigenvalue weighted by Crippen LogP contribution is 2.26. The van der Waals surface area contributed by atoms with E-state index in [1.165, 1.54) is 5.56 Å². The topological polar surface area (TPSA) is 57.1 Å². The van der Waals surface area contributed by atoms with E-state index in [1.807, 2.05) is 0 Å². The number of nitrogens with one attached hydrogen (secondary N) is 1. The van der Waals surface area contributed by atoms with E-state index in [1.54, 1.807) is 0 Å². The maximum atomic E-state index is 10.1. The maximum absolute atomic E-state index is 10.1. The van der Waals surface area contributed by atoms with Crippen LogP contribution in [0.5, 0.6) is 0 Å². The zero-order chi connectivity index (χ0) is 18.1. The van der Waals surface area contributed by atoms with Gasteiger partial charge in [-0.2, -0.15) is 0 Å². The minimum absolute atomic E-state index is 0.341. The number of hydrogen-bond donors (Lipinski definition) is 2. The number of guanidine groups is 1. The molecule has 140 valence electrons. The maximum Gasteiger partial charge on any atom is 0.194 e. The molecule has 2 rings (SSSR count). The number of rotatable bonds is 8. The van der Waals surface area contributed by atoms with Crippen molar-refractivity contribution in [3.8, 4) is 0 Å². The molecule has 1 aliphatic rings. The van der Waals surface area contributed by atoms with Crippen LogP contribution in [-0.4, -0.2) is 61.5 Å². The van der Waals surface area contributed by atoms with Crippen LogP contribution >= 0.6 is 0 Å². The lowest BCUT2D eigenvalue weighted by molar-refractivity contribution is 0.0300. The molecular weight excluding hydrogens is 314 g/mol. The average Bonchev–Trinajstić information content (AvgIpc) is 3.09. The van der Waals surface area contributed by atoms with Crippen molar-refractivity contribution in [2.24, 2.45) is 10.9 Å². The van der Waals surface area contributed by atoms with Gasteiger partial charge in [-0.05, 0) is 24.8 Å². The highest BCUT2D eigenvalue weighted by atomic mass is 16.5. The van der Waals surface area contributed by atoms with Crippen molar-refractivity contribution in [1.82, 2.24) is 10.2 Å². The van der Waals surface area contributed by atoms with Crippen LogP contribution in [-0.2, 0) is 4.74 Å². The van der Waals surface area contributed by atoms with Crippen molar-refractivity contribution in [3.05, 3.63) is 35.9 Å². The minimum atomic E-state index is -0.556. The van der Waals surface area contributed by atoms with Gasteiger partial charge >= 0.3 is 0 Å². The number of ether oxygens (including phenoxy) is 1. The zero-order valence-corrected chi connectivity index (χ0v) is 15.8. The summed E-state index contributed by atoms with van der Waals surface area (Å²) in [4.78, 5) is 6.92. The van der Waals surface area contributed by atoms with Gasteiger partial charge < -0.3 is 20.1 Å². The number of hydrogen-bond acceptors (Lipinski definition) is 3. The highest BCUT2D eigenvalue weighted by Gasteiger charge is 2.26. The molecule has 1 saturated heterocycles. The molecule has 1 aromatic rings. The first-order chi connectivity index (χ1) is 12.1. The highest BCUT2D eigenvalue weighted by molar-refractivity contribution is 5.80. The molecule has 0 amide bonds. The third kappa shape index (κ3) is 6.67. The first-order valence-electron chi connectivity index (χ1n) is 9.44. The predicted molar refractivity (Wildman–Crippen MR) is 103 cm³/mol. The Morgan fingerprint density at radius 1 is 1.32 bits per heavy atom. The molecule has 0 spiro atoms. The summed E-state index contributed by atoms with van der Waals surface area (Å²) in [6, 6.07) is 10.7. The van der Waals surface area contributed by atoms with E-state index in [2.05, 4.69) is 66.3 Å². The lowest BCUT2D eigenvalue weighted by atomic mass is 9.99. The molecule has 1 fully saturated rings. The van der Waals surface area contributed by atoms with Gasteiger partial charge in [0.15, 0.2) is 5.96 Å². The Bertz CT molecular complexity index is 519. The summed E-state index contributed by atoms with van der Waals surface area (Å²) < 4.78 is 5.50. The molecule has 0 aliphatic carbocycles. The predicted octanol–water partition coefficient (Wildman–Crippen LogP) is 2.47. The van der Waals surface area contributed by atoms with Gasteiger partial charge in [0.1, 0.15) is 0 Å². The van der Waals surface area contributed by atoms with Gasteiger partial charge in [-0.15, -0.1) is 0 Å². The van der Waals surface area contributed by atoms with Crippen molar-refractivity contribution in [1.29, 1.82) is 0 Å². The van der Waals surface area contributed by atoms with E-state index in [0.29, 0.717) is 31.6 Å². The Morgan fingerprint density at radius 2 is 2.08 bits per heavy atom. The summed E-state index contributed by atoms with van der Waals surface area (Å²) in [5, 5.41) is 13.4. The van der Waals surface area contributed by atoms with Crippen molar-refractivity contribution >= 4 is 5.96 Å². The number of nitrogens with zero attached hydrogens (tertiary/aromatic N) is 2. The van der Waals surface area contributed by atoms with Gasteiger partial charge in [0.05, 0.1) is 19.3 Å². The molecule has 25 heavy (non-hydrogen) atoms. The first-order valence-corrected chi connectivity index (χ1v) is 9.44. The van der Waals surface area contributed by atoms with Crippen LogP contribution < -0.4 is 5.32 Å². The quantitative estimate of drug-likeness (QED) is 0.560. The van der Waals surface area contributed by atoms with Gasteiger partial charge in [0, 0.05) is 32.2 Å². The number of aliphatic imine (C=N–C) groups is 1. The fourth-order valence-corrected chi connectivity index (χ4v) is 3.06. The first kappa shape index (κ1) is 19.7. The standard InChI is InChI=1S/C20H33N3O2/c1-4-21-20(22-12-19(24)15-25-14-16(2)3)23-11-10-18(13-23)17-8-6-5-7-9-17/h5-9,16,18-19,24H,4,10-15H2,1-3H3,(H,21,22). The molecule has 0 aromatic heterocycles. The molecule has 5 nitrogen and oxygen atoms in total. The van der Waals surface area contributed by atoms with Crippen molar-refractivity contribution in [2.45, 2.75) is 39.2 Å². The van der Waals surface area contributed by atoms with Gasteiger partial charge in [0.25, 0.3) is 0 Å². The van der Waals surface area contributed by atoms with Crippen molar-refractivity contribution in [2.75, 3.05) is 39.4 Å². The number of likely N-dealkylation sites (tertiary alicyclic amines) is 1. The second-order valence-electron chi connectivity index (χ2n) is 7.12. The number of benzene rings is 1. The molecule has 0 saturated carbocycles. The van der Waals surface area contributed by atoms with Crippen LogP contribution in [0.2, 0.25) is 0 Å². The van der Waals surface area contributed by atoms with Gasteiger partial charge in [0.2, 0.25) is 0 Å². The van der Waals surface area contributed by atoms with Crippen LogP contribution in [0, 0.1) is 5.92 Å². The molecule has 1 heterocycles. The minimum Gasteiger partial charge on any atom is -0.389 e. The molecule has 5 heteroatoms. The average molecular weight is 348 g/mol. The Balaban J connectivity index is 1.87. The molecule has 1 aromatic carbocycles. The smallest absolute Gasteiger partial charge is 0.194 e. The third-order valence-corrected chi connectivity index (χ3v) is 4.31. The summed E-state index contributed by atoms with van der Waals surface area (Å²) in [5.41, 5.74) is 1.39. The van der Waals surface area contributed by atoms with E-state index < -0.39 is 6.10 Å². The molecule has 1 aliphatic heterocycles. The molecule has 2 unspecified atom stereocenters. The van der Waals surface area contributed by atoms with E-state index in [-0.39, 0.29) is 0 Å². The zero-order valence-electron chi connectivity index (χ0n) is 15.8. The molecule has 0 bridgehead atoms. The third-order valence-electron chi connectivity index (χ3n) is 4.31. The SMILES string of the molecule is CCNC(=NCC(O)COCC(C)C)N1CCC(c2ccccc2)C1. The van der Waals surface area contributed by atoms with Crippen LogP contribution in [0.4, 0.5) is 0 Å². The van der Waals surface area contributed by atoms with Crippen LogP contribution in [0.1, 0.15) is 38.7 Å². The fourth-order valence-electron chi connectivity index (χ4n) is 3.06. The lowest BCUT2D eigenvalue weighted by Gasteiger charge is -2.22. The monoisotopic (exact) mass is 347 g/mol. The van der Waals surface area contributed by atoms with Crippen LogP contribution in [0.15, 0.2) is 35.3 Å². The van der Waals surface area contributed by atoms with Crippen LogP contribution in [0.3, 0.4) is 0 Å². The Kier molecular flexibility index (Phi) is 8.22. The van der Waals surface area contributed by atoms with Gasteiger partial charge in [-0.1, -0.05) is 44.2 Å². The van der Waals surface area contributed by atoms with E-state index >= 15 is 0 Å². The summed E-state index contributed by atoms with van der Waals surface area (Å²) in [6.45, 7) is 10.4. The van der Waals surface area contributed by atoms with E-state index in [9.17, 15) is 5.11 Å². The van der Waals surface area contributed by atoms with Crippen LogP contribution in [0.25, 0.3) is 0 Å². The number of aliphatic hydroxyl groups is 1. The summed E-state index contributed by atoms with van der Waals surface area (Å²) in [5.74, 6) is 1.92.